The molecule has 0 saturated carbocycles. The van der Waals surface area contributed by atoms with Crippen LogP contribution in [0.25, 0.3) is 0 Å². The van der Waals surface area contributed by atoms with Crippen molar-refractivity contribution in [2.24, 2.45) is 4.99 Å². The molecule has 0 aromatic heterocycles. The van der Waals surface area contributed by atoms with Gasteiger partial charge in [0.15, 0.2) is 5.96 Å². The minimum Gasteiger partial charge on any atom is -0.434 e. The van der Waals surface area contributed by atoms with Crippen molar-refractivity contribution in [2.75, 3.05) is 7.05 Å². The van der Waals surface area contributed by atoms with Crippen LogP contribution in [0, 0.1) is 0 Å². The Morgan fingerprint density at radius 2 is 2.14 bits per heavy atom. The van der Waals surface area contributed by atoms with E-state index >= 15 is 0 Å². The Labute approximate surface area is 128 Å². The first-order valence-electron chi connectivity index (χ1n) is 6.66. The van der Waals surface area contributed by atoms with Gasteiger partial charge in [-0.1, -0.05) is 18.5 Å². The first kappa shape index (κ1) is 17.5. The van der Waals surface area contributed by atoms with Gasteiger partial charge in [-0.25, -0.2) is 0 Å². The number of halogens is 3. The summed E-state index contributed by atoms with van der Waals surface area (Å²) in [6.07, 6.45) is 0.942. The Morgan fingerprint density at radius 1 is 1.43 bits per heavy atom. The van der Waals surface area contributed by atoms with Crippen molar-refractivity contribution in [1.29, 1.82) is 0 Å². The smallest absolute Gasteiger partial charge is 0.387 e. The molecular formula is C14H20ClF2N3O. The molecule has 0 aliphatic rings. The third kappa shape index (κ3) is 6.16. The summed E-state index contributed by atoms with van der Waals surface area (Å²) in [5, 5.41) is 6.68. The number of nitrogens with zero attached hydrogens (tertiary/aromatic N) is 1. The number of guanidine groups is 1. The molecule has 0 spiro atoms. The van der Waals surface area contributed by atoms with Crippen LogP contribution < -0.4 is 15.4 Å². The van der Waals surface area contributed by atoms with Crippen LogP contribution in [0.3, 0.4) is 0 Å². The van der Waals surface area contributed by atoms with Gasteiger partial charge < -0.3 is 15.4 Å². The summed E-state index contributed by atoms with van der Waals surface area (Å²) in [7, 11) is 1.65. The van der Waals surface area contributed by atoms with Crippen molar-refractivity contribution in [1.82, 2.24) is 10.6 Å². The lowest BCUT2D eigenvalue weighted by Crippen LogP contribution is -2.41. The number of hydrogen-bond donors (Lipinski definition) is 2. The van der Waals surface area contributed by atoms with Crippen LogP contribution in [0.15, 0.2) is 23.2 Å². The van der Waals surface area contributed by atoms with E-state index in [0.29, 0.717) is 16.5 Å². The van der Waals surface area contributed by atoms with Crippen LogP contribution in [0.4, 0.5) is 8.78 Å². The van der Waals surface area contributed by atoms with Crippen LogP contribution >= 0.6 is 11.6 Å². The Hall–Kier alpha value is -1.56. The molecule has 7 heteroatoms. The Kier molecular flexibility index (Phi) is 7.22. The molecule has 21 heavy (non-hydrogen) atoms. The molecule has 0 heterocycles. The molecule has 0 amide bonds. The lowest BCUT2D eigenvalue weighted by Gasteiger charge is -2.17. The predicted octanol–water partition coefficient (Wildman–Crippen LogP) is 3.40. The topological polar surface area (TPSA) is 45.7 Å². The molecule has 1 aromatic rings. The third-order valence-corrected chi connectivity index (χ3v) is 3.14. The highest BCUT2D eigenvalue weighted by atomic mass is 35.5. The van der Waals surface area contributed by atoms with Gasteiger partial charge in [0, 0.05) is 30.2 Å². The van der Waals surface area contributed by atoms with E-state index in [-0.39, 0.29) is 18.3 Å². The van der Waals surface area contributed by atoms with E-state index in [1.54, 1.807) is 13.1 Å². The highest BCUT2D eigenvalue weighted by Crippen LogP contribution is 2.24. The molecular weight excluding hydrogens is 300 g/mol. The second-order valence-corrected chi connectivity index (χ2v) is 4.95. The molecule has 1 unspecified atom stereocenters. The molecule has 4 nitrogen and oxygen atoms in total. The van der Waals surface area contributed by atoms with Gasteiger partial charge in [-0.3, -0.25) is 4.99 Å². The summed E-state index contributed by atoms with van der Waals surface area (Å²) in [5.74, 6) is 0.688. The summed E-state index contributed by atoms with van der Waals surface area (Å²) in [5.41, 5.74) is 0.537. The van der Waals surface area contributed by atoms with Gasteiger partial charge in [0.1, 0.15) is 5.75 Å². The minimum atomic E-state index is -2.87. The van der Waals surface area contributed by atoms with Crippen molar-refractivity contribution < 1.29 is 13.5 Å². The second kappa shape index (κ2) is 8.67. The number of ether oxygens (including phenoxy) is 1. The molecule has 1 atom stereocenters. The second-order valence-electron chi connectivity index (χ2n) is 4.51. The summed E-state index contributed by atoms with van der Waals surface area (Å²) in [6, 6.07) is 4.78. The number of rotatable bonds is 6. The quantitative estimate of drug-likeness (QED) is 0.624. The van der Waals surface area contributed by atoms with E-state index in [4.69, 9.17) is 11.6 Å². The van der Waals surface area contributed by atoms with Gasteiger partial charge in [-0.05, 0) is 31.5 Å². The first-order chi connectivity index (χ1) is 9.96. The van der Waals surface area contributed by atoms with Gasteiger partial charge in [-0.15, -0.1) is 0 Å². The van der Waals surface area contributed by atoms with Crippen molar-refractivity contribution in [3.8, 4) is 5.75 Å². The summed E-state index contributed by atoms with van der Waals surface area (Å²) in [6.45, 7) is 1.48. The van der Waals surface area contributed by atoms with Crippen LogP contribution in [-0.4, -0.2) is 25.7 Å². The van der Waals surface area contributed by atoms with E-state index in [9.17, 15) is 8.78 Å². The van der Waals surface area contributed by atoms with Crippen molar-refractivity contribution in [3.63, 3.8) is 0 Å². The lowest BCUT2D eigenvalue weighted by molar-refractivity contribution is -0.0504. The van der Waals surface area contributed by atoms with E-state index in [0.717, 1.165) is 6.42 Å². The van der Waals surface area contributed by atoms with E-state index in [2.05, 4.69) is 27.3 Å². The van der Waals surface area contributed by atoms with E-state index < -0.39 is 6.61 Å². The number of aliphatic imine (C=N–C) groups is 1. The Balaban J connectivity index is 2.75. The van der Waals surface area contributed by atoms with E-state index in [1.165, 1.54) is 12.1 Å². The van der Waals surface area contributed by atoms with Gasteiger partial charge in [0.2, 0.25) is 0 Å². The average Bonchev–Trinajstić information content (AvgIpc) is 2.45. The maximum absolute atomic E-state index is 12.4. The Bertz CT molecular complexity index is 483. The third-order valence-electron chi connectivity index (χ3n) is 2.90. The molecule has 0 saturated heterocycles. The lowest BCUT2D eigenvalue weighted by atomic mass is 10.2. The molecule has 0 bridgehead atoms. The zero-order chi connectivity index (χ0) is 15.8. The maximum Gasteiger partial charge on any atom is 0.387 e. The maximum atomic E-state index is 12.4. The van der Waals surface area contributed by atoms with Crippen LogP contribution in [0.1, 0.15) is 25.8 Å². The van der Waals surface area contributed by atoms with Crippen molar-refractivity contribution >= 4 is 17.6 Å². The van der Waals surface area contributed by atoms with Crippen molar-refractivity contribution in [2.45, 2.75) is 39.5 Å². The van der Waals surface area contributed by atoms with Crippen LogP contribution in [0.2, 0.25) is 5.02 Å². The largest absolute Gasteiger partial charge is 0.434 e. The molecule has 0 aliphatic heterocycles. The molecule has 0 fully saturated rings. The van der Waals surface area contributed by atoms with Gasteiger partial charge in [0.25, 0.3) is 0 Å². The number of nitrogens with one attached hydrogen (secondary N) is 2. The highest BCUT2D eigenvalue weighted by Gasteiger charge is 2.11. The zero-order valence-electron chi connectivity index (χ0n) is 12.3. The monoisotopic (exact) mass is 319 g/mol. The standard InChI is InChI=1S/C14H20ClF2N3O/c1-4-9(2)20-14(18-3)19-8-10-7-11(15)5-6-12(10)21-13(16)17/h5-7,9,13H,4,8H2,1-3H3,(H2,18,19,20). The number of hydrogen-bond acceptors (Lipinski definition) is 2. The average molecular weight is 320 g/mol. The fourth-order valence-electron chi connectivity index (χ4n) is 1.61. The molecule has 118 valence electrons. The number of alkyl halides is 2. The zero-order valence-corrected chi connectivity index (χ0v) is 13.0. The summed E-state index contributed by atoms with van der Waals surface area (Å²) >= 11 is 5.89. The van der Waals surface area contributed by atoms with Gasteiger partial charge in [0.05, 0.1) is 0 Å². The minimum absolute atomic E-state index is 0.0980. The summed E-state index contributed by atoms with van der Waals surface area (Å²) in [4.78, 5) is 4.08. The fraction of sp³-hybridized carbons (Fsp3) is 0.500. The van der Waals surface area contributed by atoms with Gasteiger partial charge in [-0.2, -0.15) is 8.78 Å². The molecule has 1 rings (SSSR count). The van der Waals surface area contributed by atoms with Gasteiger partial charge >= 0.3 is 6.61 Å². The molecule has 0 radical (unpaired) electrons. The van der Waals surface area contributed by atoms with Crippen LogP contribution in [0.5, 0.6) is 5.75 Å². The SMILES string of the molecule is CCC(C)NC(=NC)NCc1cc(Cl)ccc1OC(F)F. The fourth-order valence-corrected chi connectivity index (χ4v) is 1.80. The highest BCUT2D eigenvalue weighted by molar-refractivity contribution is 6.30. The first-order valence-corrected chi connectivity index (χ1v) is 7.04. The molecule has 2 N–H and O–H groups in total. The Morgan fingerprint density at radius 3 is 2.71 bits per heavy atom. The molecule has 1 aromatic carbocycles. The predicted molar refractivity (Wildman–Crippen MR) is 81.2 cm³/mol. The summed E-state index contributed by atoms with van der Waals surface area (Å²) < 4.78 is 29.2. The number of benzene rings is 1. The molecule has 0 aliphatic carbocycles. The van der Waals surface area contributed by atoms with Crippen molar-refractivity contribution in [3.05, 3.63) is 28.8 Å². The van der Waals surface area contributed by atoms with E-state index in [1.807, 2.05) is 6.92 Å². The van der Waals surface area contributed by atoms with Crippen LogP contribution in [-0.2, 0) is 6.54 Å². The normalized spacial score (nSPS) is 13.2.